The van der Waals surface area contributed by atoms with Crippen molar-refractivity contribution >= 4 is 11.6 Å². The number of nitrogens with two attached hydrogens (primary N) is 2. The van der Waals surface area contributed by atoms with Gasteiger partial charge in [0.2, 0.25) is 5.91 Å². The van der Waals surface area contributed by atoms with Gasteiger partial charge in [0.15, 0.2) is 0 Å². The molecule has 2 rings (SSSR count). The van der Waals surface area contributed by atoms with Crippen LogP contribution in [0.5, 0.6) is 0 Å². The molecule has 1 aromatic carbocycles. The zero-order chi connectivity index (χ0) is 12.5. The van der Waals surface area contributed by atoms with Crippen LogP contribution in [0, 0.1) is 6.92 Å². The van der Waals surface area contributed by atoms with Crippen LogP contribution in [0.2, 0.25) is 0 Å². The highest BCUT2D eigenvalue weighted by Gasteiger charge is 2.31. The lowest BCUT2D eigenvalue weighted by atomic mass is 9.78. The van der Waals surface area contributed by atoms with E-state index in [0.717, 1.165) is 30.6 Å². The second kappa shape index (κ2) is 4.37. The standard InChI is InChI=1S/C13H19N3O/c1-9-7-10(3-4-11(9)12(14)17)16-8-13(15)5-2-6-13/h3-4,7,16H,2,5-6,8,15H2,1H3,(H2,14,17). The molecule has 4 heteroatoms. The lowest BCUT2D eigenvalue weighted by Gasteiger charge is -2.38. The monoisotopic (exact) mass is 233 g/mol. The number of primary amides is 1. The molecule has 0 unspecified atom stereocenters. The lowest BCUT2D eigenvalue weighted by Crippen LogP contribution is -2.51. The molecule has 0 aromatic heterocycles. The summed E-state index contributed by atoms with van der Waals surface area (Å²) in [5, 5.41) is 3.32. The maximum atomic E-state index is 11.1. The fourth-order valence-electron chi connectivity index (χ4n) is 2.14. The van der Waals surface area contributed by atoms with Gasteiger partial charge < -0.3 is 16.8 Å². The number of hydrogen-bond donors (Lipinski definition) is 3. The molecule has 1 aliphatic carbocycles. The molecular weight excluding hydrogens is 214 g/mol. The van der Waals surface area contributed by atoms with Gasteiger partial charge in [0.25, 0.3) is 0 Å². The zero-order valence-corrected chi connectivity index (χ0v) is 10.1. The van der Waals surface area contributed by atoms with E-state index in [9.17, 15) is 4.79 Å². The van der Waals surface area contributed by atoms with Crippen molar-refractivity contribution in [2.75, 3.05) is 11.9 Å². The van der Waals surface area contributed by atoms with Crippen molar-refractivity contribution < 1.29 is 4.79 Å². The Bertz CT molecular complexity index is 438. The molecular formula is C13H19N3O. The zero-order valence-electron chi connectivity index (χ0n) is 10.1. The number of amides is 1. The molecule has 1 amide bonds. The maximum absolute atomic E-state index is 11.1. The molecule has 92 valence electrons. The summed E-state index contributed by atoms with van der Waals surface area (Å²) in [4.78, 5) is 11.1. The minimum Gasteiger partial charge on any atom is -0.383 e. The minimum atomic E-state index is -0.386. The van der Waals surface area contributed by atoms with E-state index in [1.807, 2.05) is 19.1 Å². The van der Waals surface area contributed by atoms with E-state index >= 15 is 0 Å². The number of carbonyl (C=O) groups excluding carboxylic acids is 1. The molecule has 0 radical (unpaired) electrons. The van der Waals surface area contributed by atoms with Gasteiger partial charge in [-0.05, 0) is 49.9 Å². The Hall–Kier alpha value is -1.55. The normalized spacial score (nSPS) is 17.3. The van der Waals surface area contributed by atoms with Crippen LogP contribution in [0.3, 0.4) is 0 Å². The van der Waals surface area contributed by atoms with E-state index in [2.05, 4.69) is 5.32 Å². The van der Waals surface area contributed by atoms with Gasteiger partial charge in [0.05, 0.1) is 0 Å². The molecule has 0 aliphatic heterocycles. The lowest BCUT2D eigenvalue weighted by molar-refractivity contribution is 0.1000. The van der Waals surface area contributed by atoms with Gasteiger partial charge in [-0.3, -0.25) is 4.79 Å². The van der Waals surface area contributed by atoms with Crippen LogP contribution in [0.4, 0.5) is 5.69 Å². The van der Waals surface area contributed by atoms with Crippen LogP contribution < -0.4 is 16.8 Å². The van der Waals surface area contributed by atoms with Gasteiger partial charge in [-0.15, -0.1) is 0 Å². The van der Waals surface area contributed by atoms with E-state index in [-0.39, 0.29) is 11.4 Å². The predicted octanol–water partition coefficient (Wildman–Crippen LogP) is 1.39. The molecule has 5 N–H and O–H groups in total. The van der Waals surface area contributed by atoms with Crippen LogP contribution in [0.25, 0.3) is 0 Å². The molecule has 0 heterocycles. The van der Waals surface area contributed by atoms with Gasteiger partial charge in [-0.25, -0.2) is 0 Å². The van der Waals surface area contributed by atoms with E-state index in [1.165, 1.54) is 6.42 Å². The van der Waals surface area contributed by atoms with Crippen molar-refractivity contribution in [3.05, 3.63) is 29.3 Å². The Morgan fingerprint density at radius 1 is 1.47 bits per heavy atom. The molecule has 1 aliphatic rings. The molecule has 17 heavy (non-hydrogen) atoms. The minimum absolute atomic E-state index is 0.0454. The first-order valence-corrected chi connectivity index (χ1v) is 5.93. The summed E-state index contributed by atoms with van der Waals surface area (Å²) < 4.78 is 0. The molecule has 1 saturated carbocycles. The third-order valence-corrected chi connectivity index (χ3v) is 3.49. The summed E-state index contributed by atoms with van der Waals surface area (Å²) in [5.74, 6) is -0.386. The van der Waals surface area contributed by atoms with Gasteiger partial charge in [-0.1, -0.05) is 0 Å². The number of aryl methyl sites for hydroxylation is 1. The van der Waals surface area contributed by atoms with Crippen molar-refractivity contribution in [1.82, 2.24) is 0 Å². The van der Waals surface area contributed by atoms with Crippen LogP contribution in [0.15, 0.2) is 18.2 Å². The molecule has 4 nitrogen and oxygen atoms in total. The number of carbonyl (C=O) groups is 1. The van der Waals surface area contributed by atoms with Gasteiger partial charge in [-0.2, -0.15) is 0 Å². The molecule has 0 saturated heterocycles. The second-order valence-corrected chi connectivity index (χ2v) is 4.96. The van der Waals surface area contributed by atoms with Crippen LogP contribution >= 0.6 is 0 Å². The first-order valence-electron chi connectivity index (χ1n) is 5.93. The number of hydrogen-bond acceptors (Lipinski definition) is 3. The van der Waals surface area contributed by atoms with E-state index in [1.54, 1.807) is 6.07 Å². The quantitative estimate of drug-likeness (QED) is 0.735. The summed E-state index contributed by atoms with van der Waals surface area (Å²) >= 11 is 0. The van der Waals surface area contributed by atoms with Crippen LogP contribution in [0.1, 0.15) is 35.2 Å². The third kappa shape index (κ3) is 2.58. The molecule has 1 aromatic rings. The first kappa shape index (κ1) is 11.9. The van der Waals surface area contributed by atoms with Crippen molar-refractivity contribution in [3.63, 3.8) is 0 Å². The second-order valence-electron chi connectivity index (χ2n) is 4.96. The predicted molar refractivity (Wildman–Crippen MR) is 69.0 cm³/mol. The topological polar surface area (TPSA) is 81.1 Å². The Kier molecular flexibility index (Phi) is 3.07. The van der Waals surface area contributed by atoms with E-state index in [4.69, 9.17) is 11.5 Å². The first-order chi connectivity index (χ1) is 8.00. The number of rotatable bonds is 4. The van der Waals surface area contributed by atoms with Crippen LogP contribution in [-0.4, -0.2) is 18.0 Å². The van der Waals surface area contributed by atoms with E-state index < -0.39 is 0 Å². The Morgan fingerprint density at radius 2 is 2.18 bits per heavy atom. The highest BCUT2D eigenvalue weighted by Crippen LogP contribution is 2.29. The van der Waals surface area contributed by atoms with Crippen LogP contribution in [-0.2, 0) is 0 Å². The van der Waals surface area contributed by atoms with Crippen molar-refractivity contribution in [2.45, 2.75) is 31.7 Å². The highest BCUT2D eigenvalue weighted by atomic mass is 16.1. The summed E-state index contributed by atoms with van der Waals surface area (Å²) in [5.41, 5.74) is 13.8. The summed E-state index contributed by atoms with van der Waals surface area (Å²) in [6, 6.07) is 5.56. The fourth-order valence-corrected chi connectivity index (χ4v) is 2.14. The van der Waals surface area contributed by atoms with Gasteiger partial charge >= 0.3 is 0 Å². The number of nitrogens with one attached hydrogen (secondary N) is 1. The smallest absolute Gasteiger partial charge is 0.248 e. The Morgan fingerprint density at radius 3 is 2.65 bits per heavy atom. The van der Waals surface area contributed by atoms with Crippen molar-refractivity contribution in [1.29, 1.82) is 0 Å². The van der Waals surface area contributed by atoms with Gasteiger partial charge in [0.1, 0.15) is 0 Å². The average molecular weight is 233 g/mol. The van der Waals surface area contributed by atoms with E-state index in [0.29, 0.717) is 5.56 Å². The third-order valence-electron chi connectivity index (χ3n) is 3.49. The highest BCUT2D eigenvalue weighted by molar-refractivity contribution is 5.94. The average Bonchev–Trinajstić information content (AvgIpc) is 2.23. The van der Waals surface area contributed by atoms with Gasteiger partial charge in [0, 0.05) is 23.3 Å². The summed E-state index contributed by atoms with van der Waals surface area (Å²) in [6.45, 7) is 2.66. The molecule has 0 bridgehead atoms. The molecule has 0 atom stereocenters. The summed E-state index contributed by atoms with van der Waals surface area (Å²) in [7, 11) is 0. The fraction of sp³-hybridized carbons (Fsp3) is 0.462. The molecule has 1 fully saturated rings. The Balaban J connectivity index is 2.02. The largest absolute Gasteiger partial charge is 0.383 e. The SMILES string of the molecule is Cc1cc(NCC2(N)CCC2)ccc1C(N)=O. The van der Waals surface area contributed by atoms with Crippen molar-refractivity contribution in [2.24, 2.45) is 11.5 Å². The maximum Gasteiger partial charge on any atom is 0.248 e. The Labute approximate surface area is 101 Å². The van der Waals surface area contributed by atoms with Crippen molar-refractivity contribution in [3.8, 4) is 0 Å². The molecule has 0 spiro atoms. The summed E-state index contributed by atoms with van der Waals surface area (Å²) in [6.07, 6.45) is 3.38. The number of anilines is 1. The number of benzene rings is 1.